The molecule has 5 nitrogen and oxygen atoms in total. The lowest BCUT2D eigenvalue weighted by Crippen LogP contribution is -2.57. The molecule has 0 spiro atoms. The molecule has 0 N–H and O–H groups in total. The Balaban J connectivity index is 1.70. The molecule has 0 amide bonds. The molecule has 1 aromatic rings. The summed E-state index contributed by atoms with van der Waals surface area (Å²) >= 11 is 6.70. The Hall–Kier alpha value is -2.19. The van der Waals surface area contributed by atoms with Crippen molar-refractivity contribution in [2.75, 3.05) is 25.7 Å². The molecule has 0 saturated heterocycles. The highest BCUT2D eigenvalue weighted by molar-refractivity contribution is 6.32. The Morgan fingerprint density at radius 2 is 1.97 bits per heavy atom. The van der Waals surface area contributed by atoms with Gasteiger partial charge in [-0.1, -0.05) is 24.6 Å². The van der Waals surface area contributed by atoms with Gasteiger partial charge in [-0.3, -0.25) is 0 Å². The molecule has 1 saturated carbocycles. The highest BCUT2D eigenvalue weighted by atomic mass is 35.5. The van der Waals surface area contributed by atoms with Gasteiger partial charge in [0.25, 0.3) is 0 Å². The minimum Gasteiger partial charge on any atom is -0.497 e. The number of methoxy groups -OCH3 is 1. The highest BCUT2D eigenvalue weighted by Crippen LogP contribution is 2.52. The molecular weight excluding hydrogens is 491 g/mol. The van der Waals surface area contributed by atoms with Crippen LogP contribution in [-0.2, 0) is 4.74 Å². The topological polar surface area (TPSA) is 37.3 Å². The third-order valence-electron chi connectivity index (χ3n) is 7.38. The summed E-state index contributed by atoms with van der Waals surface area (Å²) in [6, 6.07) is 5.68. The second-order valence-corrected chi connectivity index (χ2v) is 10.9. The third-order valence-corrected chi connectivity index (χ3v) is 7.70. The molecule has 0 aromatic heterocycles. The SMILES string of the molecule is COc1ccc(N(C)C2=NC3=C(Cl)C=C[C@@](C)(C(OCCC(F)(F)F)C4CC4)[C@@H]3N2C(C)C)c(C)c1. The van der Waals surface area contributed by atoms with Crippen LogP contribution in [0.15, 0.2) is 46.1 Å². The van der Waals surface area contributed by atoms with Crippen LogP contribution < -0.4 is 9.64 Å². The Morgan fingerprint density at radius 1 is 1.28 bits per heavy atom. The molecule has 3 aliphatic rings. The molecule has 0 radical (unpaired) electrons. The molecule has 1 aromatic carbocycles. The molecular formula is C27H35ClF3N3O2. The number of fused-ring (bicyclic) bond motifs is 1. The van der Waals surface area contributed by atoms with E-state index in [4.69, 9.17) is 26.1 Å². The number of hydrogen-bond acceptors (Lipinski definition) is 5. The lowest BCUT2D eigenvalue weighted by atomic mass is 9.71. The van der Waals surface area contributed by atoms with Gasteiger partial charge < -0.3 is 19.3 Å². The van der Waals surface area contributed by atoms with E-state index in [9.17, 15) is 13.2 Å². The van der Waals surface area contributed by atoms with E-state index in [0.29, 0.717) is 5.03 Å². The lowest BCUT2D eigenvalue weighted by Gasteiger charge is -2.48. The molecule has 1 heterocycles. The summed E-state index contributed by atoms with van der Waals surface area (Å²) in [5, 5.41) is 0.544. The quantitative estimate of drug-likeness (QED) is 0.380. The number of ether oxygens (including phenoxy) is 2. The van der Waals surface area contributed by atoms with Gasteiger partial charge in [-0.2, -0.15) is 13.2 Å². The number of hydrogen-bond donors (Lipinski definition) is 0. The van der Waals surface area contributed by atoms with E-state index < -0.39 is 18.0 Å². The fourth-order valence-electron chi connectivity index (χ4n) is 5.47. The van der Waals surface area contributed by atoms with Gasteiger partial charge in [-0.15, -0.1) is 0 Å². The molecule has 1 fully saturated rings. The van der Waals surface area contributed by atoms with Gasteiger partial charge in [0, 0.05) is 24.2 Å². The number of aliphatic imine (C=N–C) groups is 1. The summed E-state index contributed by atoms with van der Waals surface area (Å²) in [5.41, 5.74) is 2.13. The normalized spacial score (nSPS) is 24.8. The maximum atomic E-state index is 12.9. The van der Waals surface area contributed by atoms with Crippen LogP contribution in [0.5, 0.6) is 5.75 Å². The average molecular weight is 526 g/mol. The van der Waals surface area contributed by atoms with Crippen molar-refractivity contribution < 1.29 is 22.6 Å². The maximum absolute atomic E-state index is 12.9. The van der Waals surface area contributed by atoms with Gasteiger partial charge in [-0.25, -0.2) is 4.99 Å². The van der Waals surface area contributed by atoms with Gasteiger partial charge >= 0.3 is 6.18 Å². The zero-order valence-corrected chi connectivity index (χ0v) is 22.5. The van der Waals surface area contributed by atoms with E-state index in [1.54, 1.807) is 7.11 Å². The first-order valence-corrected chi connectivity index (χ1v) is 12.8. The average Bonchev–Trinajstić information content (AvgIpc) is 3.55. The second-order valence-electron chi connectivity index (χ2n) is 10.5. The van der Waals surface area contributed by atoms with E-state index in [-0.39, 0.29) is 30.7 Å². The summed E-state index contributed by atoms with van der Waals surface area (Å²) in [6.45, 7) is 7.92. The monoisotopic (exact) mass is 525 g/mol. The van der Waals surface area contributed by atoms with Crippen LogP contribution in [0.2, 0.25) is 0 Å². The van der Waals surface area contributed by atoms with Gasteiger partial charge in [0.1, 0.15) is 5.75 Å². The first-order valence-electron chi connectivity index (χ1n) is 12.4. The first-order chi connectivity index (χ1) is 16.9. The van der Waals surface area contributed by atoms with Crippen LogP contribution in [0, 0.1) is 18.3 Å². The number of aryl methyl sites for hydroxylation is 1. The number of halogens is 4. The predicted molar refractivity (Wildman–Crippen MR) is 138 cm³/mol. The van der Waals surface area contributed by atoms with Crippen LogP contribution in [0.1, 0.15) is 45.6 Å². The minimum absolute atomic E-state index is 0.0533. The Labute approximate surface area is 216 Å². The van der Waals surface area contributed by atoms with E-state index in [1.807, 2.05) is 49.2 Å². The summed E-state index contributed by atoms with van der Waals surface area (Å²) in [4.78, 5) is 9.30. The van der Waals surface area contributed by atoms with Gasteiger partial charge in [0.15, 0.2) is 0 Å². The van der Waals surface area contributed by atoms with Crippen molar-refractivity contribution in [3.8, 4) is 5.75 Å². The van der Waals surface area contributed by atoms with Crippen LogP contribution in [0.4, 0.5) is 18.9 Å². The summed E-state index contributed by atoms with van der Waals surface area (Å²) in [7, 11) is 3.61. The molecule has 36 heavy (non-hydrogen) atoms. The fraction of sp³-hybridized carbons (Fsp3) is 0.593. The van der Waals surface area contributed by atoms with Crippen molar-refractivity contribution in [3.63, 3.8) is 0 Å². The molecule has 4 rings (SSSR count). The molecule has 0 bridgehead atoms. The van der Waals surface area contributed by atoms with E-state index in [1.165, 1.54) is 0 Å². The van der Waals surface area contributed by atoms with Crippen molar-refractivity contribution in [3.05, 3.63) is 46.6 Å². The van der Waals surface area contributed by atoms with Crippen molar-refractivity contribution in [1.82, 2.24) is 4.90 Å². The standard InChI is InChI=1S/C27H35ClF3N3O2/c1-16(2)34-23-22(32-25(34)33(5)21-10-9-19(35-6)15-17(21)3)20(28)11-12-26(23,4)24(18-7-8-18)36-14-13-27(29,30)31/h9-12,15-16,18,23-24H,7-8,13-14H2,1-6H3/t23-,24?,26-/m1/s1. The number of alkyl halides is 3. The fourth-order valence-corrected chi connectivity index (χ4v) is 5.68. The zero-order chi connectivity index (χ0) is 26.4. The number of anilines is 1. The lowest BCUT2D eigenvalue weighted by molar-refractivity contribution is -0.156. The van der Waals surface area contributed by atoms with Crippen molar-refractivity contribution >= 4 is 23.2 Å². The molecule has 9 heteroatoms. The highest BCUT2D eigenvalue weighted by Gasteiger charge is 2.56. The number of guanidine groups is 1. The minimum atomic E-state index is -4.25. The molecule has 1 unspecified atom stereocenters. The molecule has 3 atom stereocenters. The first kappa shape index (κ1) is 26.9. The van der Waals surface area contributed by atoms with Crippen LogP contribution in [0.3, 0.4) is 0 Å². The zero-order valence-electron chi connectivity index (χ0n) is 21.7. The number of allylic oxidation sites excluding steroid dienone is 2. The Morgan fingerprint density at radius 3 is 2.53 bits per heavy atom. The van der Waals surface area contributed by atoms with Gasteiger partial charge in [0.2, 0.25) is 5.96 Å². The van der Waals surface area contributed by atoms with Gasteiger partial charge in [0.05, 0.1) is 43.0 Å². The molecule has 198 valence electrons. The van der Waals surface area contributed by atoms with Gasteiger partial charge in [-0.05, 0) is 69.4 Å². The maximum Gasteiger partial charge on any atom is 0.391 e. The smallest absolute Gasteiger partial charge is 0.391 e. The molecule has 1 aliphatic heterocycles. The van der Waals surface area contributed by atoms with Crippen LogP contribution in [-0.4, -0.2) is 56.0 Å². The van der Waals surface area contributed by atoms with E-state index in [2.05, 4.69) is 25.7 Å². The van der Waals surface area contributed by atoms with Crippen molar-refractivity contribution in [2.24, 2.45) is 16.3 Å². The largest absolute Gasteiger partial charge is 0.497 e. The third kappa shape index (κ3) is 5.12. The molecule has 2 aliphatic carbocycles. The number of rotatable bonds is 8. The van der Waals surface area contributed by atoms with E-state index in [0.717, 1.165) is 41.5 Å². The Kier molecular flexibility index (Phi) is 7.41. The summed E-state index contributed by atoms with van der Waals surface area (Å²) < 4.78 is 50.2. The van der Waals surface area contributed by atoms with E-state index >= 15 is 0 Å². The summed E-state index contributed by atoms with van der Waals surface area (Å²) in [6.07, 6.45) is 0.161. The summed E-state index contributed by atoms with van der Waals surface area (Å²) in [5.74, 6) is 1.74. The number of benzene rings is 1. The van der Waals surface area contributed by atoms with Crippen LogP contribution >= 0.6 is 11.6 Å². The predicted octanol–water partition coefficient (Wildman–Crippen LogP) is 6.66. The van der Waals surface area contributed by atoms with Crippen LogP contribution in [0.25, 0.3) is 0 Å². The number of nitrogens with zero attached hydrogens (tertiary/aromatic N) is 3. The Bertz CT molecular complexity index is 1080. The van der Waals surface area contributed by atoms with Crippen molar-refractivity contribution in [1.29, 1.82) is 0 Å². The van der Waals surface area contributed by atoms with Crippen molar-refractivity contribution in [2.45, 2.75) is 71.3 Å². The second kappa shape index (κ2) is 9.93.